The van der Waals surface area contributed by atoms with E-state index in [1.807, 2.05) is 24.3 Å². The highest BCUT2D eigenvalue weighted by atomic mass is 35.5. The molecule has 0 aromatic heterocycles. The van der Waals surface area contributed by atoms with Crippen molar-refractivity contribution in [3.05, 3.63) is 71.0 Å². The summed E-state index contributed by atoms with van der Waals surface area (Å²) >= 11 is 0. The largest absolute Gasteiger partial charge is 0.475 e. The van der Waals surface area contributed by atoms with Crippen molar-refractivity contribution in [2.75, 3.05) is 6.54 Å². The molecule has 10 nitrogen and oxygen atoms in total. The first kappa shape index (κ1) is 35.7. The molecule has 250 valence electrons. The van der Waals surface area contributed by atoms with E-state index in [2.05, 4.69) is 10.6 Å². The average Bonchev–Trinajstić information content (AvgIpc) is 3.65. The summed E-state index contributed by atoms with van der Waals surface area (Å²) in [6, 6.07) is 12.4. The van der Waals surface area contributed by atoms with E-state index in [0.29, 0.717) is 31.5 Å². The monoisotopic (exact) mass is 658 g/mol. The molecule has 5 rings (SSSR count). The lowest BCUT2D eigenvalue weighted by Gasteiger charge is -2.30. The van der Waals surface area contributed by atoms with E-state index < -0.39 is 43.2 Å². The molecule has 0 aliphatic carbocycles. The number of ether oxygens (including phenoxy) is 1. The minimum atomic E-state index is -1.75. The minimum Gasteiger partial charge on any atom is -0.444 e. The Bertz CT molecular complexity index is 1310. The van der Waals surface area contributed by atoms with E-state index in [1.54, 1.807) is 17.0 Å². The zero-order valence-corrected chi connectivity index (χ0v) is 26.9. The van der Waals surface area contributed by atoms with Gasteiger partial charge in [0.1, 0.15) is 18.0 Å². The maximum atomic E-state index is 14.2. The van der Waals surface area contributed by atoms with Crippen molar-refractivity contribution in [1.82, 2.24) is 20.4 Å². The van der Waals surface area contributed by atoms with Crippen LogP contribution in [-0.2, 0) is 34.0 Å². The number of fused-ring (bicyclic) bond motifs is 2. The van der Waals surface area contributed by atoms with Crippen molar-refractivity contribution in [3.63, 3.8) is 0 Å². The molecule has 3 aliphatic heterocycles. The second-order valence-electron chi connectivity index (χ2n) is 12.5. The normalized spacial score (nSPS) is 24.4. The highest BCUT2D eigenvalue weighted by Gasteiger charge is 2.44. The maximum Gasteiger partial charge on any atom is 0.475 e. The van der Waals surface area contributed by atoms with Gasteiger partial charge in [-0.05, 0) is 41.7 Å². The van der Waals surface area contributed by atoms with Crippen LogP contribution in [0, 0.1) is 5.82 Å². The third-order valence-corrected chi connectivity index (χ3v) is 9.15. The quantitative estimate of drug-likeness (QED) is 0.359. The van der Waals surface area contributed by atoms with Crippen molar-refractivity contribution < 1.29 is 33.6 Å². The standard InChI is InChI=1S/C33H44BFN4O6.ClH/c35-26-14-10-11-23(17-26)19-36-28-15-6-4-2-1-3-5-7-16-30(34(43)44)37-31(40)29-18-27(22-39(29)32(28)41)45-33(42)38-20-24-12-8-9-13-25(24)21-38;/h8-14,17,27-30,36,43-44H,1-7,15-16,18-22H2,(H,37,40);1H/t27-,28?,29+,30-;/m1./s1. The molecule has 3 amide bonds. The summed E-state index contributed by atoms with van der Waals surface area (Å²) in [5.41, 5.74) is 2.81. The van der Waals surface area contributed by atoms with Crippen molar-refractivity contribution in [2.45, 2.75) is 108 Å². The topological polar surface area (TPSA) is 131 Å². The summed E-state index contributed by atoms with van der Waals surface area (Å²) in [6.07, 6.45) is 6.29. The highest BCUT2D eigenvalue weighted by molar-refractivity contribution is 6.43. The van der Waals surface area contributed by atoms with E-state index >= 15 is 0 Å². The average molecular weight is 659 g/mol. The van der Waals surface area contributed by atoms with Gasteiger partial charge >= 0.3 is 13.2 Å². The van der Waals surface area contributed by atoms with Crippen LogP contribution in [0.4, 0.5) is 9.18 Å². The molecule has 3 heterocycles. The molecule has 2 fully saturated rings. The minimum absolute atomic E-state index is 0. The van der Waals surface area contributed by atoms with Crippen LogP contribution in [0.3, 0.4) is 0 Å². The Balaban J connectivity index is 0.00000480. The highest BCUT2D eigenvalue weighted by Crippen LogP contribution is 2.27. The van der Waals surface area contributed by atoms with Crippen molar-refractivity contribution in [2.24, 2.45) is 0 Å². The molecule has 1 unspecified atom stereocenters. The number of carbonyl (C=O) groups is 3. The van der Waals surface area contributed by atoms with Gasteiger partial charge in [-0.3, -0.25) is 14.5 Å². The number of hydrogen-bond donors (Lipinski definition) is 4. The van der Waals surface area contributed by atoms with Gasteiger partial charge in [0, 0.05) is 26.1 Å². The van der Waals surface area contributed by atoms with Crippen molar-refractivity contribution in [1.29, 1.82) is 0 Å². The van der Waals surface area contributed by atoms with E-state index in [4.69, 9.17) is 4.74 Å². The lowest BCUT2D eigenvalue weighted by atomic mass is 9.76. The van der Waals surface area contributed by atoms with Crippen LogP contribution in [0.5, 0.6) is 0 Å². The number of rotatable bonds is 5. The van der Waals surface area contributed by atoms with Gasteiger partial charge in [0.2, 0.25) is 11.8 Å². The van der Waals surface area contributed by atoms with Crippen LogP contribution in [-0.4, -0.2) is 75.5 Å². The van der Waals surface area contributed by atoms with E-state index in [0.717, 1.165) is 56.1 Å². The summed E-state index contributed by atoms with van der Waals surface area (Å²) in [5, 5.41) is 26.1. The first-order valence-electron chi connectivity index (χ1n) is 16.3. The van der Waals surface area contributed by atoms with Gasteiger partial charge in [-0.15, -0.1) is 12.4 Å². The number of amides is 3. The van der Waals surface area contributed by atoms with E-state index in [-0.39, 0.29) is 43.6 Å². The fourth-order valence-corrected chi connectivity index (χ4v) is 6.63. The van der Waals surface area contributed by atoms with Crippen LogP contribution in [0.1, 0.15) is 80.9 Å². The van der Waals surface area contributed by atoms with Gasteiger partial charge in [-0.2, -0.15) is 0 Å². The zero-order valence-electron chi connectivity index (χ0n) is 26.1. The molecule has 0 saturated carbocycles. The number of nitrogens with zero attached hydrogens (tertiary/aromatic N) is 2. The molecule has 2 aromatic rings. The van der Waals surface area contributed by atoms with Gasteiger partial charge in [0.15, 0.2) is 0 Å². The van der Waals surface area contributed by atoms with Crippen LogP contribution in [0.2, 0.25) is 0 Å². The molecule has 13 heteroatoms. The lowest BCUT2D eigenvalue weighted by molar-refractivity contribution is -0.140. The van der Waals surface area contributed by atoms with Gasteiger partial charge < -0.3 is 30.3 Å². The Kier molecular flexibility index (Phi) is 13.3. The molecular formula is C33H45BClFN4O6. The van der Waals surface area contributed by atoms with E-state index in [1.165, 1.54) is 17.0 Å². The Labute approximate surface area is 276 Å². The Hall–Kier alpha value is -3.19. The van der Waals surface area contributed by atoms with Crippen molar-refractivity contribution >= 4 is 37.4 Å². The summed E-state index contributed by atoms with van der Waals surface area (Å²) < 4.78 is 19.7. The molecule has 46 heavy (non-hydrogen) atoms. The summed E-state index contributed by atoms with van der Waals surface area (Å²) in [6.45, 7) is 1.16. The Morgan fingerprint density at radius 2 is 1.61 bits per heavy atom. The second-order valence-corrected chi connectivity index (χ2v) is 12.5. The number of benzene rings is 2. The van der Waals surface area contributed by atoms with Gasteiger partial charge in [-0.1, -0.05) is 81.3 Å². The van der Waals surface area contributed by atoms with E-state index in [9.17, 15) is 28.8 Å². The molecule has 4 N–H and O–H groups in total. The number of carbonyl (C=O) groups excluding carboxylic acids is 3. The van der Waals surface area contributed by atoms with Crippen LogP contribution in [0.15, 0.2) is 48.5 Å². The fourth-order valence-electron chi connectivity index (χ4n) is 6.63. The SMILES string of the molecule is Cl.O=C1N[C@@H](B(O)O)CCCCCCCCCC(NCc2cccc(F)c2)C(=O)N2C[C@H](OC(=O)N3Cc4ccccc4C3)C[C@@H]12. The Morgan fingerprint density at radius 1 is 0.957 bits per heavy atom. The number of halogens is 2. The Morgan fingerprint density at radius 3 is 2.26 bits per heavy atom. The van der Waals surface area contributed by atoms with Gasteiger partial charge in [0.05, 0.1) is 18.5 Å². The first-order chi connectivity index (χ1) is 21.8. The van der Waals surface area contributed by atoms with Gasteiger partial charge in [-0.25, -0.2) is 9.18 Å². The van der Waals surface area contributed by atoms with Crippen molar-refractivity contribution in [3.8, 4) is 0 Å². The molecule has 2 saturated heterocycles. The number of nitrogens with one attached hydrogen (secondary N) is 2. The zero-order chi connectivity index (χ0) is 31.8. The number of hydrogen-bond acceptors (Lipinski definition) is 7. The van der Waals surface area contributed by atoms with Gasteiger partial charge in [0.25, 0.3) is 0 Å². The second kappa shape index (κ2) is 17.1. The van der Waals surface area contributed by atoms with Crippen LogP contribution in [0.25, 0.3) is 0 Å². The van der Waals surface area contributed by atoms with Crippen LogP contribution < -0.4 is 10.6 Å². The maximum absolute atomic E-state index is 14.2. The molecule has 2 aromatic carbocycles. The predicted octanol–water partition coefficient (Wildman–Crippen LogP) is 3.85. The molecule has 0 spiro atoms. The fraction of sp³-hybridized carbons (Fsp3) is 0.545. The predicted molar refractivity (Wildman–Crippen MR) is 174 cm³/mol. The lowest BCUT2D eigenvalue weighted by Crippen LogP contribution is -2.56. The molecule has 4 atom stereocenters. The summed E-state index contributed by atoms with van der Waals surface area (Å²) in [7, 11) is -1.75. The molecule has 3 aliphatic rings. The summed E-state index contributed by atoms with van der Waals surface area (Å²) in [4.78, 5) is 44.1. The molecule has 0 radical (unpaired) electrons. The molecule has 0 bridgehead atoms. The first-order valence-corrected chi connectivity index (χ1v) is 16.3. The third kappa shape index (κ3) is 9.43. The smallest absolute Gasteiger partial charge is 0.444 e. The summed E-state index contributed by atoms with van der Waals surface area (Å²) in [5.74, 6) is -2.05. The third-order valence-electron chi connectivity index (χ3n) is 9.15. The molecular weight excluding hydrogens is 614 g/mol. The van der Waals surface area contributed by atoms with Crippen LogP contribution >= 0.6 is 12.4 Å².